The van der Waals surface area contributed by atoms with Crippen molar-refractivity contribution in [2.75, 3.05) is 0 Å². The predicted molar refractivity (Wildman–Crippen MR) is 47.3 cm³/mol. The van der Waals surface area contributed by atoms with Gasteiger partial charge in [0.2, 0.25) is 0 Å². The maximum absolute atomic E-state index is 8.26. The largest absolute Gasteiger partial charge is 0.0878 e. The molecule has 0 aliphatic carbocycles. The van der Waals surface area contributed by atoms with Crippen molar-refractivity contribution in [3.63, 3.8) is 0 Å². The summed E-state index contributed by atoms with van der Waals surface area (Å²) in [6.07, 6.45) is 0.907. The number of rotatable bonds is 2. The van der Waals surface area contributed by atoms with Gasteiger partial charge in [-0.15, -0.1) is 0 Å². The molecule has 0 N–H and O–H groups in total. The van der Waals surface area contributed by atoms with Gasteiger partial charge in [-0.05, 0) is 17.4 Å². The first-order valence-corrected chi connectivity index (χ1v) is 3.83. The van der Waals surface area contributed by atoms with Crippen LogP contribution in [-0.4, -0.2) is 5.54 Å². The van der Waals surface area contributed by atoms with E-state index in [0.717, 1.165) is 6.42 Å². The molecule has 3 heteroatoms. The molecular weight excluding hydrogens is 138 g/mol. The molecule has 0 aliphatic heterocycles. The zero-order valence-electron chi connectivity index (χ0n) is 8.05. The van der Waals surface area contributed by atoms with Crippen LogP contribution in [0.4, 0.5) is 0 Å². The molecule has 0 unspecified atom stereocenters. The highest BCUT2D eigenvalue weighted by molar-refractivity contribution is 4.83. The lowest BCUT2D eigenvalue weighted by atomic mass is 9.82. The molecule has 0 radical (unpaired) electrons. The first-order chi connectivity index (χ1) is 4.77. The summed E-state index contributed by atoms with van der Waals surface area (Å²) in [6.45, 7) is 10.3. The molecule has 0 bridgehead atoms. The maximum atomic E-state index is 8.26. The molecule has 0 heterocycles. The van der Waals surface area contributed by atoms with Crippen LogP contribution >= 0.6 is 0 Å². The molecule has 0 spiro atoms. The van der Waals surface area contributed by atoms with Crippen molar-refractivity contribution in [3.8, 4) is 0 Å². The van der Waals surface area contributed by atoms with Crippen LogP contribution in [-0.2, 0) is 0 Å². The Morgan fingerprint density at radius 2 is 1.64 bits per heavy atom. The highest BCUT2D eigenvalue weighted by Gasteiger charge is 2.23. The summed E-state index contributed by atoms with van der Waals surface area (Å²) in [5, 5.41) is 3.72. The SMILES string of the molecule is CC(C)(C)CC(C)(C)N=[N+]=[N-]. The number of hydrogen-bond acceptors (Lipinski definition) is 1. The summed E-state index contributed by atoms with van der Waals surface area (Å²) in [6, 6.07) is 0. The second-order valence-corrected chi connectivity index (χ2v) is 4.74. The zero-order chi connectivity index (χ0) is 9.12. The van der Waals surface area contributed by atoms with Gasteiger partial charge in [0.1, 0.15) is 0 Å². The van der Waals surface area contributed by atoms with E-state index in [4.69, 9.17) is 5.53 Å². The molecule has 0 rings (SSSR count). The Kier molecular flexibility index (Phi) is 2.94. The Labute approximate surface area is 68.4 Å². The standard InChI is InChI=1S/C8H17N3/c1-7(2,3)6-8(4,5)10-11-9/h6H2,1-5H3. The molecule has 3 nitrogen and oxygen atoms in total. The summed E-state index contributed by atoms with van der Waals surface area (Å²) in [7, 11) is 0. The minimum absolute atomic E-state index is 0.220. The van der Waals surface area contributed by atoms with Gasteiger partial charge in [0, 0.05) is 10.5 Å². The van der Waals surface area contributed by atoms with Gasteiger partial charge in [-0.3, -0.25) is 0 Å². The average molecular weight is 155 g/mol. The quantitative estimate of drug-likeness (QED) is 0.333. The van der Waals surface area contributed by atoms with Crippen molar-refractivity contribution in [2.24, 2.45) is 10.5 Å². The highest BCUT2D eigenvalue weighted by atomic mass is 15.2. The molecule has 64 valence electrons. The molecule has 0 fully saturated rings. The van der Waals surface area contributed by atoms with Crippen LogP contribution in [0.25, 0.3) is 10.4 Å². The minimum Gasteiger partial charge on any atom is -0.0878 e. The molecule has 0 aromatic heterocycles. The first kappa shape index (κ1) is 10.3. The average Bonchev–Trinajstić information content (AvgIpc) is 1.55. The van der Waals surface area contributed by atoms with E-state index in [-0.39, 0.29) is 11.0 Å². The van der Waals surface area contributed by atoms with Gasteiger partial charge in [0.05, 0.1) is 0 Å². The lowest BCUT2D eigenvalue weighted by Gasteiger charge is -2.27. The molecule has 11 heavy (non-hydrogen) atoms. The predicted octanol–water partition coefficient (Wildman–Crippen LogP) is 3.51. The van der Waals surface area contributed by atoms with Crippen molar-refractivity contribution >= 4 is 0 Å². The molecular formula is C8H17N3. The van der Waals surface area contributed by atoms with Gasteiger partial charge in [-0.2, -0.15) is 0 Å². The Hall–Kier alpha value is -0.690. The highest BCUT2D eigenvalue weighted by Crippen LogP contribution is 2.29. The van der Waals surface area contributed by atoms with E-state index in [1.165, 1.54) is 0 Å². The molecule has 0 saturated heterocycles. The second kappa shape index (κ2) is 3.14. The van der Waals surface area contributed by atoms with Crippen molar-refractivity contribution in [2.45, 2.75) is 46.6 Å². The smallest absolute Gasteiger partial charge is 0.0437 e. The summed E-state index contributed by atoms with van der Waals surface area (Å²) in [4.78, 5) is 2.82. The summed E-state index contributed by atoms with van der Waals surface area (Å²) < 4.78 is 0. The van der Waals surface area contributed by atoms with Gasteiger partial charge in [-0.1, -0.05) is 39.7 Å². The lowest BCUT2D eigenvalue weighted by Crippen LogP contribution is -2.23. The van der Waals surface area contributed by atoms with Crippen molar-refractivity contribution < 1.29 is 0 Å². The van der Waals surface area contributed by atoms with Crippen LogP contribution in [0.1, 0.15) is 41.0 Å². The fraction of sp³-hybridized carbons (Fsp3) is 1.00. The van der Waals surface area contributed by atoms with Crippen molar-refractivity contribution in [3.05, 3.63) is 10.4 Å². The monoisotopic (exact) mass is 155 g/mol. The Morgan fingerprint density at radius 1 is 1.18 bits per heavy atom. The van der Waals surface area contributed by atoms with Crippen molar-refractivity contribution in [1.29, 1.82) is 0 Å². The van der Waals surface area contributed by atoms with E-state index in [0.29, 0.717) is 0 Å². The molecule has 0 atom stereocenters. The van der Waals surface area contributed by atoms with Crippen LogP contribution in [0.3, 0.4) is 0 Å². The van der Waals surface area contributed by atoms with E-state index in [1.807, 2.05) is 13.8 Å². The summed E-state index contributed by atoms with van der Waals surface area (Å²) >= 11 is 0. The van der Waals surface area contributed by atoms with E-state index in [2.05, 4.69) is 30.8 Å². The van der Waals surface area contributed by atoms with Crippen LogP contribution in [0, 0.1) is 5.41 Å². The van der Waals surface area contributed by atoms with Crippen LogP contribution < -0.4 is 0 Å². The molecule has 0 amide bonds. The second-order valence-electron chi connectivity index (χ2n) is 4.74. The molecule has 0 saturated carbocycles. The fourth-order valence-corrected chi connectivity index (χ4v) is 1.45. The normalized spacial score (nSPS) is 12.5. The minimum atomic E-state index is -0.257. The maximum Gasteiger partial charge on any atom is 0.0437 e. The van der Waals surface area contributed by atoms with Crippen LogP contribution in [0.15, 0.2) is 5.11 Å². The van der Waals surface area contributed by atoms with Gasteiger partial charge in [0.15, 0.2) is 0 Å². The molecule has 0 aromatic carbocycles. The van der Waals surface area contributed by atoms with Gasteiger partial charge in [-0.25, -0.2) is 0 Å². The Balaban J connectivity index is 4.24. The summed E-state index contributed by atoms with van der Waals surface area (Å²) in [5.41, 5.74) is 8.22. The zero-order valence-corrected chi connectivity index (χ0v) is 8.05. The van der Waals surface area contributed by atoms with E-state index < -0.39 is 0 Å². The topological polar surface area (TPSA) is 48.8 Å². The lowest BCUT2D eigenvalue weighted by molar-refractivity contribution is 0.286. The van der Waals surface area contributed by atoms with Gasteiger partial charge >= 0.3 is 0 Å². The van der Waals surface area contributed by atoms with Crippen LogP contribution in [0.2, 0.25) is 0 Å². The third-order valence-corrected chi connectivity index (χ3v) is 1.28. The van der Waals surface area contributed by atoms with E-state index in [1.54, 1.807) is 0 Å². The number of hydrogen-bond donors (Lipinski definition) is 0. The molecule has 0 aliphatic rings. The first-order valence-electron chi connectivity index (χ1n) is 3.83. The van der Waals surface area contributed by atoms with Gasteiger partial charge < -0.3 is 0 Å². The number of nitrogens with zero attached hydrogens (tertiary/aromatic N) is 3. The number of azide groups is 1. The van der Waals surface area contributed by atoms with E-state index >= 15 is 0 Å². The van der Waals surface area contributed by atoms with E-state index in [9.17, 15) is 0 Å². The third-order valence-electron chi connectivity index (χ3n) is 1.28. The summed E-state index contributed by atoms with van der Waals surface area (Å²) in [5.74, 6) is 0. The fourth-order valence-electron chi connectivity index (χ4n) is 1.45. The van der Waals surface area contributed by atoms with Crippen molar-refractivity contribution in [1.82, 2.24) is 0 Å². The Bertz CT molecular complexity index is 170. The molecule has 0 aromatic rings. The Morgan fingerprint density at radius 3 is 1.91 bits per heavy atom. The third kappa shape index (κ3) is 5.74. The van der Waals surface area contributed by atoms with Crippen LogP contribution in [0.5, 0.6) is 0 Å². The van der Waals surface area contributed by atoms with Gasteiger partial charge in [0.25, 0.3) is 0 Å².